The number of benzene rings is 1. The lowest BCUT2D eigenvalue weighted by atomic mass is 10.0. The highest BCUT2D eigenvalue weighted by molar-refractivity contribution is 5.99. The third-order valence-corrected chi connectivity index (χ3v) is 3.74. The van der Waals surface area contributed by atoms with E-state index < -0.39 is 6.23 Å². The Morgan fingerprint density at radius 1 is 1.29 bits per heavy atom. The van der Waals surface area contributed by atoms with Gasteiger partial charge in [0.25, 0.3) is 0 Å². The van der Waals surface area contributed by atoms with Crippen LogP contribution in [0, 0.1) is 0 Å². The summed E-state index contributed by atoms with van der Waals surface area (Å²) >= 11 is 0. The number of hydrogen-bond donors (Lipinski definition) is 4. The van der Waals surface area contributed by atoms with Gasteiger partial charge in [-0.15, -0.1) is 0 Å². The number of aromatic nitrogens is 2. The number of nitrogen functional groups attached to an aromatic ring is 1. The van der Waals surface area contributed by atoms with Crippen LogP contribution in [0.1, 0.15) is 11.1 Å². The number of aliphatic hydroxyl groups excluding tert-OH is 1. The lowest BCUT2D eigenvalue weighted by Gasteiger charge is -2.05. The highest BCUT2D eigenvalue weighted by atomic mass is 16.3. The van der Waals surface area contributed by atoms with Crippen LogP contribution in [0.25, 0.3) is 22.7 Å². The molecule has 1 atom stereocenters. The van der Waals surface area contributed by atoms with Gasteiger partial charge in [0, 0.05) is 45.9 Å². The molecule has 0 fully saturated rings. The predicted octanol–water partition coefficient (Wildman–Crippen LogP) is 2.43. The van der Waals surface area contributed by atoms with Gasteiger partial charge in [-0.3, -0.25) is 0 Å². The SMILES string of the molecule is Nc1ccc2c(c1)C(=Cc1c[nH]c3ncccc13)C(O)N2. The third kappa shape index (κ3) is 1.86. The Morgan fingerprint density at radius 2 is 2.19 bits per heavy atom. The van der Waals surface area contributed by atoms with E-state index in [4.69, 9.17) is 5.73 Å². The molecule has 1 unspecified atom stereocenters. The molecular formula is C16H14N4O. The van der Waals surface area contributed by atoms with Crippen molar-refractivity contribution in [2.45, 2.75) is 6.23 Å². The molecule has 5 nitrogen and oxygen atoms in total. The molecule has 0 saturated heterocycles. The van der Waals surface area contributed by atoms with Gasteiger partial charge in [-0.25, -0.2) is 4.98 Å². The Labute approximate surface area is 121 Å². The Kier molecular flexibility index (Phi) is 2.49. The van der Waals surface area contributed by atoms with Crippen LogP contribution >= 0.6 is 0 Å². The zero-order valence-electron chi connectivity index (χ0n) is 11.2. The second kappa shape index (κ2) is 4.36. The van der Waals surface area contributed by atoms with E-state index in [0.29, 0.717) is 5.69 Å². The Morgan fingerprint density at radius 3 is 3.10 bits per heavy atom. The molecule has 0 aliphatic carbocycles. The zero-order chi connectivity index (χ0) is 14.4. The van der Waals surface area contributed by atoms with Gasteiger partial charge in [-0.1, -0.05) is 0 Å². The summed E-state index contributed by atoms with van der Waals surface area (Å²) in [5, 5.41) is 14.3. The third-order valence-electron chi connectivity index (χ3n) is 3.74. The van der Waals surface area contributed by atoms with Crippen molar-refractivity contribution < 1.29 is 5.11 Å². The molecule has 104 valence electrons. The molecule has 0 radical (unpaired) electrons. The molecule has 3 aromatic rings. The molecular weight excluding hydrogens is 264 g/mol. The number of aromatic amines is 1. The van der Waals surface area contributed by atoms with Crippen LogP contribution in [0.15, 0.2) is 42.7 Å². The number of aliphatic hydroxyl groups is 1. The van der Waals surface area contributed by atoms with Gasteiger partial charge in [-0.2, -0.15) is 0 Å². The first kappa shape index (κ1) is 12.0. The lowest BCUT2D eigenvalue weighted by molar-refractivity contribution is 0.266. The molecule has 0 saturated carbocycles. The van der Waals surface area contributed by atoms with Crippen LogP contribution in [0.5, 0.6) is 0 Å². The molecule has 1 aliphatic rings. The van der Waals surface area contributed by atoms with E-state index >= 15 is 0 Å². The van der Waals surface area contributed by atoms with E-state index in [-0.39, 0.29) is 0 Å². The van der Waals surface area contributed by atoms with Crippen molar-refractivity contribution in [2.24, 2.45) is 0 Å². The number of nitrogens with zero attached hydrogens (tertiary/aromatic N) is 1. The predicted molar refractivity (Wildman–Crippen MR) is 84.4 cm³/mol. The minimum absolute atomic E-state index is 0.677. The van der Waals surface area contributed by atoms with Crippen LogP contribution < -0.4 is 11.1 Å². The first-order chi connectivity index (χ1) is 10.2. The van der Waals surface area contributed by atoms with Crippen LogP contribution in [0.4, 0.5) is 11.4 Å². The van der Waals surface area contributed by atoms with Crippen molar-refractivity contribution >= 4 is 34.1 Å². The molecule has 4 rings (SSSR count). The zero-order valence-corrected chi connectivity index (χ0v) is 11.2. The van der Waals surface area contributed by atoms with E-state index in [1.807, 2.05) is 42.6 Å². The average molecular weight is 278 g/mol. The summed E-state index contributed by atoms with van der Waals surface area (Å²) in [7, 11) is 0. The first-order valence-electron chi connectivity index (χ1n) is 6.70. The fourth-order valence-electron chi connectivity index (χ4n) is 2.72. The van der Waals surface area contributed by atoms with Crippen molar-refractivity contribution in [3.05, 3.63) is 53.9 Å². The second-order valence-corrected chi connectivity index (χ2v) is 5.10. The molecule has 3 heterocycles. The van der Waals surface area contributed by atoms with E-state index in [1.54, 1.807) is 6.20 Å². The van der Waals surface area contributed by atoms with Gasteiger partial charge < -0.3 is 21.1 Å². The highest BCUT2D eigenvalue weighted by Crippen LogP contribution is 2.37. The molecule has 0 bridgehead atoms. The van der Waals surface area contributed by atoms with Crippen molar-refractivity contribution in [1.29, 1.82) is 0 Å². The number of nitrogens with two attached hydrogens (primary N) is 1. The maximum atomic E-state index is 10.2. The first-order valence-corrected chi connectivity index (χ1v) is 6.70. The smallest absolute Gasteiger partial charge is 0.151 e. The fraction of sp³-hybridized carbons (Fsp3) is 0.0625. The summed E-state index contributed by atoms with van der Waals surface area (Å²) < 4.78 is 0. The molecule has 5 heteroatoms. The minimum atomic E-state index is -0.733. The van der Waals surface area contributed by atoms with Crippen LogP contribution in [-0.2, 0) is 0 Å². The summed E-state index contributed by atoms with van der Waals surface area (Å²) in [6, 6.07) is 9.47. The van der Waals surface area contributed by atoms with E-state index in [2.05, 4.69) is 15.3 Å². The molecule has 2 aromatic heterocycles. The van der Waals surface area contributed by atoms with Crippen LogP contribution in [0.2, 0.25) is 0 Å². The number of rotatable bonds is 1. The second-order valence-electron chi connectivity index (χ2n) is 5.10. The van der Waals surface area contributed by atoms with Gasteiger partial charge >= 0.3 is 0 Å². The van der Waals surface area contributed by atoms with Gasteiger partial charge in [0.1, 0.15) is 5.65 Å². The van der Waals surface area contributed by atoms with Gasteiger partial charge in [0.15, 0.2) is 6.23 Å². The lowest BCUT2D eigenvalue weighted by Crippen LogP contribution is -2.12. The number of hydrogen-bond acceptors (Lipinski definition) is 4. The maximum Gasteiger partial charge on any atom is 0.151 e. The molecule has 0 amide bonds. The number of nitrogens with one attached hydrogen (secondary N) is 2. The molecule has 0 spiro atoms. The standard InChI is InChI=1S/C16H14N4O/c17-10-3-4-14-12(7-10)13(16(21)20-14)6-9-8-19-15-11(9)2-1-5-18-15/h1-8,16,20-21H,17H2,(H,18,19). The molecule has 1 aliphatic heterocycles. The van der Waals surface area contributed by atoms with E-state index in [9.17, 15) is 5.11 Å². The van der Waals surface area contributed by atoms with Crippen molar-refractivity contribution in [3.63, 3.8) is 0 Å². The molecule has 1 aromatic carbocycles. The van der Waals surface area contributed by atoms with Crippen molar-refractivity contribution in [3.8, 4) is 0 Å². The Bertz CT molecular complexity index is 866. The fourth-order valence-corrected chi connectivity index (χ4v) is 2.72. The van der Waals surface area contributed by atoms with Gasteiger partial charge in [0.05, 0.1) is 0 Å². The Balaban J connectivity index is 1.88. The largest absolute Gasteiger partial charge is 0.399 e. The highest BCUT2D eigenvalue weighted by Gasteiger charge is 2.24. The van der Waals surface area contributed by atoms with Crippen LogP contribution in [0.3, 0.4) is 0 Å². The monoisotopic (exact) mass is 278 g/mol. The van der Waals surface area contributed by atoms with Crippen molar-refractivity contribution in [1.82, 2.24) is 9.97 Å². The summed E-state index contributed by atoms with van der Waals surface area (Å²) in [4.78, 5) is 7.40. The van der Waals surface area contributed by atoms with Crippen LogP contribution in [-0.4, -0.2) is 21.3 Å². The topological polar surface area (TPSA) is 87.0 Å². The minimum Gasteiger partial charge on any atom is -0.399 e. The summed E-state index contributed by atoms with van der Waals surface area (Å²) in [6.07, 6.45) is 4.87. The number of anilines is 2. The van der Waals surface area contributed by atoms with E-state index in [0.717, 1.165) is 33.4 Å². The number of pyridine rings is 1. The summed E-state index contributed by atoms with van der Waals surface area (Å²) in [5.41, 5.74) is 11.0. The molecule has 21 heavy (non-hydrogen) atoms. The summed E-state index contributed by atoms with van der Waals surface area (Å²) in [5.74, 6) is 0. The maximum absolute atomic E-state index is 10.2. The van der Waals surface area contributed by atoms with Gasteiger partial charge in [0.2, 0.25) is 0 Å². The normalized spacial score (nSPS) is 18.9. The number of fused-ring (bicyclic) bond motifs is 2. The Hall–Kier alpha value is -2.79. The van der Waals surface area contributed by atoms with Gasteiger partial charge in [-0.05, 0) is 36.4 Å². The molecule has 5 N–H and O–H groups in total. The quantitative estimate of drug-likeness (QED) is 0.515. The van der Waals surface area contributed by atoms with Crippen molar-refractivity contribution in [2.75, 3.05) is 11.1 Å². The van der Waals surface area contributed by atoms with E-state index in [1.165, 1.54) is 0 Å². The number of H-pyrrole nitrogens is 1. The summed E-state index contributed by atoms with van der Waals surface area (Å²) in [6.45, 7) is 0. The average Bonchev–Trinajstić information content (AvgIpc) is 3.02.